The highest BCUT2D eigenvalue weighted by molar-refractivity contribution is 5.73. The van der Waals surface area contributed by atoms with Gasteiger partial charge in [-0.25, -0.2) is 4.98 Å². The molecule has 0 saturated carbocycles. The summed E-state index contributed by atoms with van der Waals surface area (Å²) in [5.41, 5.74) is 20.0. The van der Waals surface area contributed by atoms with E-state index in [1.54, 1.807) is 24.3 Å². The Bertz CT molecular complexity index is 987. The molecule has 1 aliphatic heterocycles. The highest BCUT2D eigenvalue weighted by atomic mass is 16.3. The molecule has 0 unspecified atom stereocenters. The first-order valence-corrected chi connectivity index (χ1v) is 10.5. The summed E-state index contributed by atoms with van der Waals surface area (Å²) in [5, 5.41) is 14.2. The van der Waals surface area contributed by atoms with Crippen LogP contribution in [0.2, 0.25) is 0 Å². The van der Waals surface area contributed by atoms with Gasteiger partial charge in [-0.15, -0.1) is 0 Å². The second-order valence-electron chi connectivity index (χ2n) is 9.70. The summed E-state index contributed by atoms with van der Waals surface area (Å²) >= 11 is 0. The molecular weight excluding hydrogens is 390 g/mol. The molecule has 0 amide bonds. The largest absolute Gasteiger partial charge is 0.507 e. The molecule has 8 nitrogen and oxygen atoms in total. The summed E-state index contributed by atoms with van der Waals surface area (Å²) in [7, 11) is 2.01. The van der Waals surface area contributed by atoms with Crippen LogP contribution in [0.5, 0.6) is 5.75 Å². The third-order valence-corrected chi connectivity index (χ3v) is 5.73. The predicted molar refractivity (Wildman–Crippen MR) is 127 cm³/mol. The number of nitrogens with two attached hydrogens (primary N) is 3. The molecule has 0 atom stereocenters. The lowest BCUT2D eigenvalue weighted by Gasteiger charge is -2.49. The van der Waals surface area contributed by atoms with Crippen LogP contribution in [0.25, 0.3) is 17.1 Å². The van der Waals surface area contributed by atoms with Crippen LogP contribution < -0.4 is 22.5 Å². The summed E-state index contributed by atoms with van der Waals surface area (Å²) in [6.07, 6.45) is 7.02. The molecule has 1 fully saturated rings. The number of hydrogen-bond acceptors (Lipinski definition) is 7. The minimum absolute atomic E-state index is 0.0298. The smallest absolute Gasteiger partial charge is 0.139 e. The second kappa shape index (κ2) is 8.19. The maximum Gasteiger partial charge on any atom is 0.139 e. The standard InChI is InChI=1S/C23H35N7O/c1-22(2)11-15(12-23(3,4)29-22)30(5)20(26)9-8-17(24)16-7-6-14(10-18(16)31)21-27-13-19(25)28-21/h6-10,13,15,29,31H,11-12,24-26H2,1-5H3,(H,27,28)/b17-8-,20-9+. The average molecular weight is 426 g/mol. The molecule has 2 heterocycles. The Morgan fingerprint density at radius 1 is 1.16 bits per heavy atom. The first-order chi connectivity index (χ1) is 14.4. The summed E-state index contributed by atoms with van der Waals surface area (Å²) in [4.78, 5) is 9.22. The lowest BCUT2D eigenvalue weighted by atomic mass is 9.79. The fourth-order valence-electron chi connectivity index (χ4n) is 4.54. The monoisotopic (exact) mass is 425 g/mol. The third kappa shape index (κ3) is 5.32. The zero-order chi connectivity index (χ0) is 23.0. The van der Waals surface area contributed by atoms with Crippen LogP contribution >= 0.6 is 0 Å². The van der Waals surface area contributed by atoms with Crippen LogP contribution in [0.1, 0.15) is 46.1 Å². The summed E-state index contributed by atoms with van der Waals surface area (Å²) in [6.45, 7) is 8.87. The van der Waals surface area contributed by atoms with Crippen LogP contribution in [-0.2, 0) is 0 Å². The maximum atomic E-state index is 10.5. The van der Waals surface area contributed by atoms with Gasteiger partial charge in [0.2, 0.25) is 0 Å². The fraction of sp³-hybridized carbons (Fsp3) is 0.435. The SMILES string of the molecule is CN(/C(N)=C/C=C(\N)c1ccc(-c2ncc(N)[nH]2)cc1O)C1CC(C)(C)NC(C)(C)C1. The molecule has 1 saturated heterocycles. The Morgan fingerprint density at radius 2 is 1.81 bits per heavy atom. The zero-order valence-corrected chi connectivity index (χ0v) is 19.0. The van der Waals surface area contributed by atoms with Gasteiger partial charge in [0, 0.05) is 41.0 Å². The van der Waals surface area contributed by atoms with Crippen LogP contribution in [0.4, 0.5) is 5.82 Å². The van der Waals surface area contributed by atoms with Crippen molar-refractivity contribution in [3.05, 3.63) is 47.9 Å². The molecular formula is C23H35N7O. The van der Waals surface area contributed by atoms with Gasteiger partial charge in [-0.1, -0.05) is 6.07 Å². The van der Waals surface area contributed by atoms with Gasteiger partial charge in [-0.2, -0.15) is 0 Å². The third-order valence-electron chi connectivity index (χ3n) is 5.73. The average Bonchev–Trinajstić information content (AvgIpc) is 3.09. The van der Waals surface area contributed by atoms with E-state index >= 15 is 0 Å². The highest BCUT2D eigenvalue weighted by Crippen LogP contribution is 2.32. The van der Waals surface area contributed by atoms with Crippen molar-refractivity contribution >= 4 is 11.5 Å². The Labute approximate surface area is 184 Å². The topological polar surface area (TPSA) is 142 Å². The van der Waals surface area contributed by atoms with Gasteiger partial charge in [0.15, 0.2) is 0 Å². The number of hydrogen-bond donors (Lipinski definition) is 6. The first-order valence-electron chi connectivity index (χ1n) is 10.5. The van der Waals surface area contributed by atoms with Crippen molar-refractivity contribution in [3.8, 4) is 17.1 Å². The Kier molecular flexibility index (Phi) is 5.96. The van der Waals surface area contributed by atoms with Gasteiger partial charge in [0.1, 0.15) is 17.4 Å². The van der Waals surface area contributed by atoms with Crippen molar-refractivity contribution in [2.24, 2.45) is 11.5 Å². The molecule has 0 aliphatic carbocycles. The van der Waals surface area contributed by atoms with E-state index in [4.69, 9.17) is 17.2 Å². The maximum absolute atomic E-state index is 10.5. The number of anilines is 1. The summed E-state index contributed by atoms with van der Waals surface area (Å²) < 4.78 is 0. The minimum Gasteiger partial charge on any atom is -0.507 e. The Hall–Kier alpha value is -3.13. The summed E-state index contributed by atoms with van der Waals surface area (Å²) in [6, 6.07) is 5.49. The van der Waals surface area contributed by atoms with Gasteiger partial charge in [0.05, 0.1) is 12.0 Å². The first kappa shape index (κ1) is 22.6. The number of aromatic hydroxyl groups is 1. The van der Waals surface area contributed by atoms with E-state index in [0.29, 0.717) is 34.8 Å². The van der Waals surface area contributed by atoms with Crippen molar-refractivity contribution in [3.63, 3.8) is 0 Å². The number of phenolic OH excluding ortho intramolecular Hbond substituents is 1. The number of aromatic amines is 1. The molecule has 1 aliphatic rings. The van der Waals surface area contributed by atoms with Gasteiger partial charge < -0.3 is 37.5 Å². The molecule has 8 heteroatoms. The quantitative estimate of drug-likeness (QED) is 0.404. The number of benzene rings is 1. The van der Waals surface area contributed by atoms with Crippen LogP contribution in [0.3, 0.4) is 0 Å². The fourth-order valence-corrected chi connectivity index (χ4v) is 4.54. The predicted octanol–water partition coefficient (Wildman–Crippen LogP) is 2.71. The summed E-state index contributed by atoms with van der Waals surface area (Å²) in [5.74, 6) is 1.73. The molecule has 0 radical (unpaired) electrons. The number of phenols is 1. The van der Waals surface area contributed by atoms with E-state index in [2.05, 4.69) is 47.9 Å². The lowest BCUT2D eigenvalue weighted by Crippen LogP contribution is -2.61. The van der Waals surface area contributed by atoms with Crippen LogP contribution in [0, 0.1) is 0 Å². The molecule has 3 rings (SSSR count). The van der Waals surface area contributed by atoms with Crippen molar-refractivity contribution in [1.29, 1.82) is 0 Å². The van der Waals surface area contributed by atoms with E-state index in [-0.39, 0.29) is 16.8 Å². The van der Waals surface area contributed by atoms with E-state index in [1.807, 2.05) is 13.1 Å². The van der Waals surface area contributed by atoms with E-state index in [0.717, 1.165) is 18.4 Å². The Balaban J connectivity index is 1.76. The number of nitrogen functional groups attached to an aromatic ring is 1. The molecule has 168 valence electrons. The van der Waals surface area contributed by atoms with Crippen LogP contribution in [-0.4, -0.2) is 44.1 Å². The number of H-pyrrole nitrogens is 1. The number of imidazole rings is 1. The molecule has 1 aromatic heterocycles. The van der Waals surface area contributed by atoms with Crippen LogP contribution in [0.15, 0.2) is 42.4 Å². The van der Waals surface area contributed by atoms with Gasteiger partial charge in [0.25, 0.3) is 0 Å². The number of nitrogens with zero attached hydrogens (tertiary/aromatic N) is 2. The zero-order valence-electron chi connectivity index (χ0n) is 19.0. The normalized spacial score (nSPS) is 19.4. The number of nitrogens with one attached hydrogen (secondary N) is 2. The van der Waals surface area contributed by atoms with Gasteiger partial charge in [-0.3, -0.25) is 0 Å². The van der Waals surface area contributed by atoms with Gasteiger partial charge >= 0.3 is 0 Å². The molecule has 9 N–H and O–H groups in total. The second-order valence-corrected chi connectivity index (χ2v) is 9.70. The van der Waals surface area contributed by atoms with E-state index in [9.17, 15) is 5.11 Å². The molecule has 2 aromatic rings. The van der Waals surface area contributed by atoms with E-state index < -0.39 is 0 Å². The van der Waals surface area contributed by atoms with Crippen molar-refractivity contribution < 1.29 is 5.11 Å². The van der Waals surface area contributed by atoms with Crippen molar-refractivity contribution in [1.82, 2.24) is 20.2 Å². The van der Waals surface area contributed by atoms with Crippen molar-refractivity contribution in [2.45, 2.75) is 57.7 Å². The van der Waals surface area contributed by atoms with Gasteiger partial charge in [-0.05, 0) is 64.8 Å². The van der Waals surface area contributed by atoms with E-state index in [1.165, 1.54) is 6.20 Å². The molecule has 1 aromatic carbocycles. The number of piperidine rings is 1. The molecule has 31 heavy (non-hydrogen) atoms. The highest BCUT2D eigenvalue weighted by Gasteiger charge is 2.39. The lowest BCUT2D eigenvalue weighted by molar-refractivity contribution is 0.0981. The van der Waals surface area contributed by atoms with Crippen molar-refractivity contribution in [2.75, 3.05) is 12.8 Å². The minimum atomic E-state index is 0.0298. The number of allylic oxidation sites excluding steroid dienone is 2. The number of aromatic nitrogens is 2. The molecule has 0 spiro atoms. The molecule has 0 bridgehead atoms. The Morgan fingerprint density at radius 3 is 2.35 bits per heavy atom. The number of rotatable bonds is 5.